The van der Waals surface area contributed by atoms with Crippen LogP contribution < -0.4 is 14.3 Å². The van der Waals surface area contributed by atoms with Crippen LogP contribution in [0, 0.1) is 5.82 Å². The molecule has 31 heavy (non-hydrogen) atoms. The summed E-state index contributed by atoms with van der Waals surface area (Å²) < 4.78 is 63.3. The predicted molar refractivity (Wildman–Crippen MR) is 119 cm³/mol. The van der Waals surface area contributed by atoms with Gasteiger partial charge in [-0.3, -0.25) is 4.31 Å². The zero-order valence-electron chi connectivity index (χ0n) is 17.3. The molecule has 2 N–H and O–H groups in total. The van der Waals surface area contributed by atoms with Crippen molar-refractivity contribution in [3.8, 4) is 0 Å². The van der Waals surface area contributed by atoms with Crippen LogP contribution in [0.25, 0.3) is 0 Å². The van der Waals surface area contributed by atoms with Crippen molar-refractivity contribution in [3.05, 3.63) is 54.0 Å². The summed E-state index contributed by atoms with van der Waals surface area (Å²) in [6.45, 7) is 2.87. The summed E-state index contributed by atoms with van der Waals surface area (Å²) in [7, 11) is -7.14. The molecule has 2 heterocycles. The van der Waals surface area contributed by atoms with Crippen molar-refractivity contribution in [2.45, 2.75) is 38.0 Å². The standard InChI is InChI=1S/C20H27FN4O4S2/c1-2-13-30(26,27)25(15-16-3-5-17(21)6-4-16)18-7-8-20(23-14-18)24-11-9-19(10-12-24)31(22,28)29/h3-8,14,19H,2,9-13,15H2,1H3,(H2,22,28,29). The van der Waals surface area contributed by atoms with E-state index in [0.29, 0.717) is 49.4 Å². The number of piperidine rings is 1. The third-order valence-corrected chi connectivity index (χ3v) is 8.62. The molecule has 0 saturated carbocycles. The van der Waals surface area contributed by atoms with Crippen molar-refractivity contribution in [1.29, 1.82) is 0 Å². The van der Waals surface area contributed by atoms with Gasteiger partial charge in [0.1, 0.15) is 11.6 Å². The number of rotatable bonds is 8. The smallest absolute Gasteiger partial charge is 0.235 e. The van der Waals surface area contributed by atoms with E-state index in [2.05, 4.69) is 4.98 Å². The largest absolute Gasteiger partial charge is 0.357 e. The van der Waals surface area contributed by atoms with Crippen molar-refractivity contribution in [2.75, 3.05) is 28.0 Å². The second kappa shape index (κ2) is 9.49. The number of anilines is 2. The van der Waals surface area contributed by atoms with E-state index in [4.69, 9.17) is 5.14 Å². The van der Waals surface area contributed by atoms with Crippen molar-refractivity contribution in [2.24, 2.45) is 5.14 Å². The first-order valence-electron chi connectivity index (χ1n) is 10.1. The Balaban J connectivity index is 1.80. The van der Waals surface area contributed by atoms with Gasteiger partial charge >= 0.3 is 0 Å². The highest BCUT2D eigenvalue weighted by Crippen LogP contribution is 2.26. The predicted octanol–water partition coefficient (Wildman–Crippen LogP) is 2.22. The quantitative estimate of drug-likeness (QED) is 0.633. The molecule has 0 aliphatic carbocycles. The molecule has 1 aromatic carbocycles. The van der Waals surface area contributed by atoms with Gasteiger partial charge in [0.25, 0.3) is 0 Å². The number of halogens is 1. The fourth-order valence-corrected chi connectivity index (χ4v) is 5.98. The first-order valence-corrected chi connectivity index (χ1v) is 13.3. The minimum Gasteiger partial charge on any atom is -0.357 e. The minimum atomic E-state index is -3.59. The Morgan fingerprint density at radius 2 is 1.74 bits per heavy atom. The maximum absolute atomic E-state index is 13.2. The van der Waals surface area contributed by atoms with Crippen LogP contribution in [0.3, 0.4) is 0 Å². The maximum atomic E-state index is 13.2. The molecule has 0 unspecified atom stereocenters. The molecule has 0 spiro atoms. The number of pyridine rings is 1. The van der Waals surface area contributed by atoms with Gasteiger partial charge in [0, 0.05) is 13.1 Å². The normalized spacial score (nSPS) is 15.8. The highest BCUT2D eigenvalue weighted by atomic mass is 32.2. The highest BCUT2D eigenvalue weighted by Gasteiger charge is 2.28. The fraction of sp³-hybridized carbons (Fsp3) is 0.450. The van der Waals surface area contributed by atoms with Gasteiger partial charge in [-0.05, 0) is 49.1 Å². The van der Waals surface area contributed by atoms with Crippen molar-refractivity contribution in [3.63, 3.8) is 0 Å². The van der Waals surface area contributed by atoms with E-state index in [1.54, 1.807) is 31.2 Å². The molecule has 1 aromatic heterocycles. The van der Waals surface area contributed by atoms with E-state index >= 15 is 0 Å². The van der Waals surface area contributed by atoms with E-state index < -0.39 is 25.3 Å². The average Bonchev–Trinajstić information content (AvgIpc) is 2.73. The van der Waals surface area contributed by atoms with Crippen LogP contribution in [-0.4, -0.2) is 45.9 Å². The van der Waals surface area contributed by atoms with Gasteiger partial charge in [-0.2, -0.15) is 0 Å². The first-order chi connectivity index (χ1) is 14.6. The third-order valence-electron chi connectivity index (χ3n) is 5.29. The van der Waals surface area contributed by atoms with Crippen LogP contribution in [0.4, 0.5) is 15.9 Å². The maximum Gasteiger partial charge on any atom is 0.235 e. The summed E-state index contributed by atoms with van der Waals surface area (Å²) >= 11 is 0. The molecule has 11 heteroatoms. The summed E-state index contributed by atoms with van der Waals surface area (Å²) in [5, 5.41) is 4.69. The average molecular weight is 471 g/mol. The van der Waals surface area contributed by atoms with Crippen LogP contribution in [0.5, 0.6) is 0 Å². The van der Waals surface area contributed by atoms with Crippen LogP contribution in [-0.2, 0) is 26.6 Å². The van der Waals surface area contributed by atoms with Gasteiger partial charge in [0.2, 0.25) is 20.0 Å². The molecule has 0 bridgehead atoms. The molecule has 1 aliphatic heterocycles. The molecule has 1 fully saturated rings. The van der Waals surface area contributed by atoms with E-state index in [1.807, 2.05) is 4.90 Å². The van der Waals surface area contributed by atoms with Gasteiger partial charge in [-0.25, -0.2) is 31.3 Å². The zero-order chi connectivity index (χ0) is 22.6. The lowest BCUT2D eigenvalue weighted by atomic mass is 10.1. The molecule has 1 aliphatic rings. The summed E-state index contributed by atoms with van der Waals surface area (Å²) in [6.07, 6.45) is 2.80. The van der Waals surface area contributed by atoms with E-state index in [-0.39, 0.29) is 18.1 Å². The van der Waals surface area contributed by atoms with Crippen molar-refractivity contribution >= 4 is 31.6 Å². The van der Waals surface area contributed by atoms with Crippen LogP contribution in [0.15, 0.2) is 42.6 Å². The summed E-state index contributed by atoms with van der Waals surface area (Å²) in [6, 6.07) is 9.12. The SMILES string of the molecule is CCCS(=O)(=O)N(Cc1ccc(F)cc1)c1ccc(N2CCC(S(N)(=O)=O)CC2)nc1. The summed E-state index contributed by atoms with van der Waals surface area (Å²) in [5.41, 5.74) is 1.08. The van der Waals surface area contributed by atoms with E-state index in [9.17, 15) is 21.2 Å². The molecule has 2 aromatic rings. The Morgan fingerprint density at radius 3 is 2.26 bits per heavy atom. The van der Waals surface area contributed by atoms with Gasteiger partial charge in [-0.15, -0.1) is 0 Å². The Labute approximate surface area is 183 Å². The Morgan fingerprint density at radius 1 is 1.10 bits per heavy atom. The van der Waals surface area contributed by atoms with E-state index in [1.165, 1.54) is 22.6 Å². The molecule has 170 valence electrons. The Hall–Kier alpha value is -2.24. The van der Waals surface area contributed by atoms with Gasteiger partial charge in [-0.1, -0.05) is 19.1 Å². The number of benzene rings is 1. The summed E-state index contributed by atoms with van der Waals surface area (Å²) in [5.74, 6) is 0.243. The van der Waals surface area contributed by atoms with Crippen LogP contribution >= 0.6 is 0 Å². The molecule has 8 nitrogen and oxygen atoms in total. The Kier molecular flexibility index (Phi) is 7.17. The number of primary sulfonamides is 1. The monoisotopic (exact) mass is 470 g/mol. The molecule has 1 saturated heterocycles. The number of aromatic nitrogens is 1. The van der Waals surface area contributed by atoms with Crippen LogP contribution in [0.2, 0.25) is 0 Å². The van der Waals surface area contributed by atoms with Crippen LogP contribution in [0.1, 0.15) is 31.7 Å². The molecule has 3 rings (SSSR count). The first kappa shape index (κ1) is 23.4. The number of nitrogens with two attached hydrogens (primary N) is 1. The minimum absolute atomic E-state index is 0.0168. The third kappa shape index (κ3) is 5.92. The highest BCUT2D eigenvalue weighted by molar-refractivity contribution is 7.92. The van der Waals surface area contributed by atoms with Crippen molar-refractivity contribution < 1.29 is 21.2 Å². The Bertz CT molecular complexity index is 1080. The number of hydrogen-bond donors (Lipinski definition) is 1. The van der Waals surface area contributed by atoms with Gasteiger partial charge < -0.3 is 4.90 Å². The molecule has 0 radical (unpaired) electrons. The van der Waals surface area contributed by atoms with Gasteiger partial charge in [0.05, 0.1) is 29.4 Å². The molecule has 0 amide bonds. The number of sulfonamides is 2. The lowest BCUT2D eigenvalue weighted by molar-refractivity contribution is 0.529. The number of nitrogens with zero attached hydrogens (tertiary/aromatic N) is 3. The topological polar surface area (TPSA) is 114 Å². The van der Waals surface area contributed by atoms with Gasteiger partial charge in [0.15, 0.2) is 0 Å². The van der Waals surface area contributed by atoms with Crippen molar-refractivity contribution in [1.82, 2.24) is 4.98 Å². The second-order valence-corrected chi connectivity index (χ2v) is 11.5. The summed E-state index contributed by atoms with van der Waals surface area (Å²) in [4.78, 5) is 6.37. The van der Waals surface area contributed by atoms with E-state index in [0.717, 1.165) is 0 Å². The lowest BCUT2D eigenvalue weighted by Crippen LogP contribution is -2.42. The molecule has 0 atom stereocenters. The zero-order valence-corrected chi connectivity index (χ0v) is 18.9. The molecular formula is C20H27FN4O4S2. The second-order valence-electron chi connectivity index (χ2n) is 7.60. The lowest BCUT2D eigenvalue weighted by Gasteiger charge is -2.32. The molecular weight excluding hydrogens is 443 g/mol. The fourth-order valence-electron chi connectivity index (χ4n) is 3.60. The number of hydrogen-bond acceptors (Lipinski definition) is 6.